The van der Waals surface area contributed by atoms with E-state index in [2.05, 4.69) is 31.9 Å². The van der Waals surface area contributed by atoms with E-state index in [9.17, 15) is 92.2 Å². The van der Waals surface area contributed by atoms with E-state index in [1.165, 1.54) is 84.9 Å². The van der Waals surface area contributed by atoms with Crippen molar-refractivity contribution < 1.29 is 92.2 Å². The van der Waals surface area contributed by atoms with Crippen LogP contribution in [0.5, 0.6) is 0 Å². The second kappa shape index (κ2) is 33.0. The maximum Gasteiger partial charge on any atom is 0.323 e. The third-order valence-corrected chi connectivity index (χ3v) is 17.8. The number of anilines is 8. The molecule has 0 aromatic heterocycles. The zero-order valence-corrected chi connectivity index (χ0v) is 65.8. The van der Waals surface area contributed by atoms with Crippen molar-refractivity contribution in [1.29, 1.82) is 0 Å². The molecule has 0 fully saturated rings. The van der Waals surface area contributed by atoms with Crippen molar-refractivity contribution in [2.24, 2.45) is 0 Å². The summed E-state index contributed by atoms with van der Waals surface area (Å²) < 4.78 is 207. The monoisotopic (exact) mass is 1410 g/mol. The van der Waals surface area contributed by atoms with Crippen LogP contribution in [0.2, 0.25) is 0 Å². The molecular weight excluding hydrogens is 1360 g/mol. The SMILES string of the molecule is CCc1cc(Nc2ccc(S(=O)(=O)O)c3cc(S(=O)(=O)O)cc(S(=O)(=O)O)c23)ccc1NC(=O)c1cccc(NC(=O)Nc2cccc(C(=O)Nc3ccc(Nc4ccc(S(=O)(=O)O)c5cc(S(=O)(=O)O)cc(S(=O)(=O)O)c45)cc3CC)c2)c1.[Na].[Na].[Na].[Na].[Na].[Na]. The van der Waals surface area contributed by atoms with E-state index in [4.69, 9.17) is 0 Å². The van der Waals surface area contributed by atoms with Gasteiger partial charge in [-0.05, 0) is 145 Å². The van der Waals surface area contributed by atoms with E-state index in [-0.39, 0.29) is 223 Å². The molecule has 39 heteroatoms. The third-order valence-electron chi connectivity index (χ3n) is 12.5. The summed E-state index contributed by atoms with van der Waals surface area (Å²) in [6.07, 6.45) is 0.583. The molecule has 0 bridgehead atoms. The topological polar surface area (TPSA) is 450 Å². The molecule has 0 spiro atoms. The Morgan fingerprint density at radius 2 is 0.667 bits per heavy atom. The summed E-state index contributed by atoms with van der Waals surface area (Å²) in [6.45, 7) is 3.48. The maximum absolute atomic E-state index is 13.6. The molecule has 12 N–H and O–H groups in total. The number of carbonyl (C=O) groups excluding carboxylic acids is 3. The van der Waals surface area contributed by atoms with Crippen LogP contribution in [-0.2, 0) is 73.6 Å². The van der Waals surface area contributed by atoms with Gasteiger partial charge in [0.15, 0.2) is 0 Å². The van der Waals surface area contributed by atoms with Gasteiger partial charge in [-0.25, -0.2) is 4.79 Å². The molecule has 0 heterocycles. The van der Waals surface area contributed by atoms with Gasteiger partial charge in [0.25, 0.3) is 72.5 Å². The minimum absolute atomic E-state index is 0. The van der Waals surface area contributed by atoms with Gasteiger partial charge in [-0.15, -0.1) is 0 Å². The number of hydrogen-bond donors (Lipinski definition) is 12. The fraction of sp³-hybridized carbons (Fsp3) is 0.0784. The van der Waals surface area contributed by atoms with Crippen LogP contribution in [-0.4, -0.2) is 273 Å². The van der Waals surface area contributed by atoms with Gasteiger partial charge in [-0.2, -0.15) is 50.5 Å². The number of aryl methyl sites for hydroxylation is 2. The number of rotatable bonds is 18. The average molecular weight is 1410 g/mol. The molecule has 0 atom stereocenters. The smallest absolute Gasteiger partial charge is 0.323 e. The summed E-state index contributed by atoms with van der Waals surface area (Å²) in [5.74, 6) is -1.25. The van der Waals surface area contributed by atoms with Gasteiger partial charge in [0.2, 0.25) is 0 Å². The van der Waals surface area contributed by atoms with Gasteiger partial charge < -0.3 is 31.9 Å². The van der Waals surface area contributed by atoms with E-state index < -0.39 is 129 Å². The molecule has 8 aromatic rings. The summed E-state index contributed by atoms with van der Waals surface area (Å²) in [5.41, 5.74) is 2.18. The van der Waals surface area contributed by atoms with Crippen molar-refractivity contribution in [3.05, 3.63) is 156 Å². The standard InChI is InChI=1S/C51H44N6O21S6.6Na/c1-3-27-19-33(52-41-15-17-43(81(67,68)69)37-23-35(79(61,62)63)25-45(47(37)41)83(73,74)75)11-13-39(27)56-49(58)29-7-5-9-31(21-29)54-51(60)55-32-10-6-8-30(22-32)50(59)57-40-14-12-34(20-28(40)4-2)53-42-16-18-44(82(70,71)72)38-24-36(80(64,65)66)26-46(48(38)42)84(76,77)78;;;;;;/h5-26,52-53H,3-4H2,1-2H3,(H,56,58)(H,57,59)(H2,54,55,60)(H,61,62,63)(H,64,65,66)(H,67,68,69)(H,70,71,72)(H,73,74,75)(H,76,77,78);;;;;;. The van der Waals surface area contributed by atoms with Gasteiger partial charge in [0.05, 0.1) is 9.79 Å². The first-order chi connectivity index (χ1) is 39.0. The largest absolute Gasteiger partial charge is 0.355 e. The number of amides is 4. The number of fused-ring (bicyclic) bond motifs is 2. The molecule has 0 aliphatic heterocycles. The zero-order valence-electron chi connectivity index (χ0n) is 48.9. The Bertz CT molecular complexity index is 4560. The predicted octanol–water partition coefficient (Wildman–Crippen LogP) is 5.95. The first kappa shape index (κ1) is 83.6. The molecule has 0 unspecified atom stereocenters. The second-order valence-corrected chi connectivity index (χ2v) is 26.5. The molecule has 8 rings (SSSR count). The Balaban J connectivity index is 0.00000460. The molecule has 6 radical (unpaired) electrons. The van der Waals surface area contributed by atoms with Crippen LogP contribution in [0.1, 0.15) is 45.7 Å². The van der Waals surface area contributed by atoms with Crippen LogP contribution in [0.15, 0.2) is 163 Å². The summed E-state index contributed by atoms with van der Waals surface area (Å²) in [6, 6.07) is 25.5. The van der Waals surface area contributed by atoms with E-state index in [0.29, 0.717) is 59.6 Å². The summed E-state index contributed by atoms with van der Waals surface area (Å²) in [5, 5.41) is 14.0. The molecule has 0 aliphatic rings. The number of nitrogens with one attached hydrogen (secondary N) is 6. The Morgan fingerprint density at radius 1 is 0.344 bits per heavy atom. The number of benzene rings is 8. The van der Waals surface area contributed by atoms with Gasteiger partial charge in [0.1, 0.15) is 19.6 Å². The van der Waals surface area contributed by atoms with E-state index >= 15 is 0 Å². The van der Waals surface area contributed by atoms with Crippen LogP contribution >= 0.6 is 0 Å². The van der Waals surface area contributed by atoms with Crippen molar-refractivity contribution in [1.82, 2.24) is 0 Å². The van der Waals surface area contributed by atoms with Crippen molar-refractivity contribution in [3.63, 3.8) is 0 Å². The number of urea groups is 1. The minimum Gasteiger partial charge on any atom is -0.355 e. The fourth-order valence-corrected chi connectivity index (χ4v) is 12.9. The van der Waals surface area contributed by atoms with Crippen LogP contribution in [0.25, 0.3) is 21.5 Å². The zero-order chi connectivity index (χ0) is 61.6. The molecule has 0 aliphatic carbocycles. The molecule has 90 heavy (non-hydrogen) atoms. The molecule has 8 aromatic carbocycles. The van der Waals surface area contributed by atoms with Crippen LogP contribution in [0, 0.1) is 0 Å². The first-order valence-corrected chi connectivity index (χ1v) is 32.4. The Kier molecular flexibility index (Phi) is 30.7. The third kappa shape index (κ3) is 20.3. The van der Waals surface area contributed by atoms with Gasteiger partial charge >= 0.3 is 6.03 Å². The quantitative estimate of drug-likeness (QED) is 0.0349. The Labute approximate surface area is 649 Å². The molecule has 27 nitrogen and oxygen atoms in total. The van der Waals surface area contributed by atoms with E-state index in [1.807, 2.05) is 0 Å². The van der Waals surface area contributed by atoms with Gasteiger partial charge in [-0.3, -0.25) is 36.9 Å². The van der Waals surface area contributed by atoms with Crippen molar-refractivity contribution in [2.75, 3.05) is 31.9 Å². The Hall–Kier alpha value is -2.45. The summed E-state index contributed by atoms with van der Waals surface area (Å²) in [7, 11) is -31.3. The van der Waals surface area contributed by atoms with Crippen molar-refractivity contribution in [2.45, 2.75) is 56.1 Å². The van der Waals surface area contributed by atoms with E-state index in [1.54, 1.807) is 13.8 Å². The van der Waals surface area contributed by atoms with Crippen molar-refractivity contribution >= 4 is 323 Å². The minimum atomic E-state index is -5.33. The number of hydrogen-bond acceptors (Lipinski definition) is 17. The normalized spacial score (nSPS) is 11.6. The van der Waals surface area contributed by atoms with Crippen LogP contribution in [0.3, 0.4) is 0 Å². The van der Waals surface area contributed by atoms with Crippen molar-refractivity contribution in [3.8, 4) is 0 Å². The summed E-state index contributed by atoms with van der Waals surface area (Å²) >= 11 is 0. The Morgan fingerprint density at radius 3 is 0.967 bits per heavy atom. The second-order valence-electron chi connectivity index (χ2n) is 18.1. The van der Waals surface area contributed by atoms with Crippen LogP contribution in [0.4, 0.5) is 50.3 Å². The van der Waals surface area contributed by atoms with Gasteiger partial charge in [-0.1, -0.05) is 26.0 Å². The molecule has 446 valence electrons. The molecule has 0 saturated carbocycles. The predicted molar refractivity (Wildman–Crippen MR) is 341 cm³/mol. The van der Waals surface area contributed by atoms with E-state index in [0.717, 1.165) is 24.3 Å². The first-order valence-electron chi connectivity index (χ1n) is 23.8. The maximum atomic E-state index is 13.6. The van der Waals surface area contributed by atoms with Gasteiger partial charge in [0, 0.05) is 256 Å². The number of carbonyl (C=O) groups is 3. The molecular formula is C51H44N6Na6O21S6. The molecule has 0 saturated heterocycles. The van der Waals surface area contributed by atoms with Crippen LogP contribution < -0.4 is 31.9 Å². The average Bonchev–Trinajstić information content (AvgIpc) is 1.80. The summed E-state index contributed by atoms with van der Waals surface area (Å²) in [4.78, 5) is 34.2. The molecule has 4 amide bonds. The fourth-order valence-electron chi connectivity index (χ4n) is 8.79.